The maximum absolute atomic E-state index is 12.6. The third-order valence-electron chi connectivity index (χ3n) is 4.42. The molecule has 1 amide bonds. The van der Waals surface area contributed by atoms with E-state index < -0.39 is 0 Å². The molecule has 26 heavy (non-hydrogen) atoms. The van der Waals surface area contributed by atoms with Crippen LogP contribution in [0, 0.1) is 13.8 Å². The molecular formula is C21H25NO4. The molecule has 5 heteroatoms. The molecule has 0 saturated carbocycles. The van der Waals surface area contributed by atoms with E-state index in [1.807, 2.05) is 57.2 Å². The Kier molecular flexibility index (Phi) is 5.66. The fraction of sp³-hybridized carbons (Fsp3) is 0.381. The van der Waals surface area contributed by atoms with E-state index in [1.165, 1.54) is 5.56 Å². The van der Waals surface area contributed by atoms with Crippen LogP contribution in [0.25, 0.3) is 0 Å². The molecule has 0 bridgehead atoms. The second kappa shape index (κ2) is 8.13. The molecule has 0 radical (unpaired) electrons. The van der Waals surface area contributed by atoms with Crippen LogP contribution in [-0.4, -0.2) is 37.2 Å². The molecule has 0 fully saturated rings. The van der Waals surface area contributed by atoms with Gasteiger partial charge >= 0.3 is 0 Å². The number of hydrogen-bond acceptors (Lipinski definition) is 4. The number of benzene rings is 2. The van der Waals surface area contributed by atoms with Crippen LogP contribution >= 0.6 is 0 Å². The molecule has 3 rings (SSSR count). The van der Waals surface area contributed by atoms with Gasteiger partial charge in [0.15, 0.2) is 18.1 Å². The number of hydrogen-bond donors (Lipinski definition) is 0. The lowest BCUT2D eigenvalue weighted by atomic mass is 10.1. The smallest absolute Gasteiger partial charge is 0.260 e. The summed E-state index contributed by atoms with van der Waals surface area (Å²) in [6, 6.07) is 11.7. The minimum Gasteiger partial charge on any atom is -0.486 e. The minimum atomic E-state index is -0.0539. The number of likely N-dealkylation sites (N-methyl/N-ethyl adjacent to an activating group) is 1. The van der Waals surface area contributed by atoms with Crippen LogP contribution in [0.1, 0.15) is 23.6 Å². The summed E-state index contributed by atoms with van der Waals surface area (Å²) >= 11 is 0. The molecule has 5 nitrogen and oxygen atoms in total. The summed E-state index contributed by atoms with van der Waals surface area (Å²) in [5, 5.41) is 0. The Bertz CT molecular complexity index is 788. The van der Waals surface area contributed by atoms with Crippen LogP contribution in [0.5, 0.6) is 17.2 Å². The van der Waals surface area contributed by atoms with Crippen molar-refractivity contribution in [1.29, 1.82) is 0 Å². The molecule has 138 valence electrons. The topological polar surface area (TPSA) is 48.0 Å². The largest absolute Gasteiger partial charge is 0.486 e. The minimum absolute atomic E-state index is 0.0180. The Labute approximate surface area is 154 Å². The van der Waals surface area contributed by atoms with Crippen LogP contribution in [0.15, 0.2) is 36.4 Å². The third kappa shape index (κ3) is 4.10. The second-order valence-corrected chi connectivity index (χ2v) is 6.41. The quantitative estimate of drug-likeness (QED) is 0.796. The van der Waals surface area contributed by atoms with Gasteiger partial charge in [-0.1, -0.05) is 29.8 Å². The molecule has 1 aliphatic rings. The maximum atomic E-state index is 12.6. The van der Waals surface area contributed by atoms with Crippen LogP contribution in [0.3, 0.4) is 0 Å². The molecule has 0 saturated heterocycles. The number of aryl methyl sites for hydroxylation is 2. The van der Waals surface area contributed by atoms with Gasteiger partial charge in [-0.2, -0.15) is 0 Å². The first kappa shape index (κ1) is 18.1. The van der Waals surface area contributed by atoms with Gasteiger partial charge in [0, 0.05) is 18.7 Å². The lowest BCUT2D eigenvalue weighted by Gasteiger charge is -2.25. The van der Waals surface area contributed by atoms with Crippen LogP contribution in [-0.2, 0) is 11.3 Å². The zero-order valence-electron chi connectivity index (χ0n) is 15.6. The molecule has 0 atom stereocenters. The van der Waals surface area contributed by atoms with Crippen molar-refractivity contribution in [1.82, 2.24) is 4.90 Å². The highest BCUT2D eigenvalue weighted by molar-refractivity contribution is 5.78. The third-order valence-corrected chi connectivity index (χ3v) is 4.42. The Hall–Kier alpha value is -2.69. The Morgan fingerprint density at radius 2 is 1.96 bits per heavy atom. The van der Waals surface area contributed by atoms with Gasteiger partial charge in [0.05, 0.1) is 0 Å². The van der Waals surface area contributed by atoms with Crippen LogP contribution < -0.4 is 14.2 Å². The SMILES string of the molecule is CCN(Cc1cccc2c1OCCO2)C(=O)COc1ccc(C)cc1C. The number of carbonyl (C=O) groups excluding carboxylic acids is 1. The highest BCUT2D eigenvalue weighted by atomic mass is 16.6. The Morgan fingerprint density at radius 3 is 2.73 bits per heavy atom. The van der Waals surface area contributed by atoms with Crippen LogP contribution in [0.4, 0.5) is 0 Å². The number of fused-ring (bicyclic) bond motifs is 1. The first-order valence-electron chi connectivity index (χ1n) is 8.93. The number of amides is 1. The number of rotatable bonds is 6. The van der Waals surface area contributed by atoms with Crippen molar-refractivity contribution in [3.8, 4) is 17.2 Å². The highest BCUT2D eigenvalue weighted by Crippen LogP contribution is 2.34. The molecule has 0 aromatic heterocycles. The van der Waals surface area contributed by atoms with E-state index in [2.05, 4.69) is 0 Å². The standard InChI is InChI=1S/C21H25NO4/c1-4-22(13-17-6-5-7-19-21(17)25-11-10-24-19)20(23)14-26-18-9-8-15(2)12-16(18)3/h5-9,12H,4,10-11,13-14H2,1-3H3. The molecule has 1 aliphatic heterocycles. The lowest BCUT2D eigenvalue weighted by Crippen LogP contribution is -2.34. The molecule has 2 aromatic rings. The zero-order valence-corrected chi connectivity index (χ0v) is 15.6. The molecule has 0 unspecified atom stereocenters. The van der Waals surface area contributed by atoms with Gasteiger partial charge < -0.3 is 19.1 Å². The lowest BCUT2D eigenvalue weighted by molar-refractivity contribution is -0.133. The summed E-state index contributed by atoms with van der Waals surface area (Å²) in [7, 11) is 0. The first-order chi connectivity index (χ1) is 12.6. The molecular weight excluding hydrogens is 330 g/mol. The van der Waals surface area contributed by atoms with Crippen molar-refractivity contribution < 1.29 is 19.0 Å². The average Bonchev–Trinajstić information content (AvgIpc) is 2.65. The van der Waals surface area contributed by atoms with Crippen molar-refractivity contribution in [3.63, 3.8) is 0 Å². The first-order valence-corrected chi connectivity index (χ1v) is 8.93. The fourth-order valence-corrected chi connectivity index (χ4v) is 3.03. The summed E-state index contributed by atoms with van der Waals surface area (Å²) in [5.41, 5.74) is 3.15. The van der Waals surface area contributed by atoms with Crippen molar-refractivity contribution in [2.75, 3.05) is 26.4 Å². The van der Waals surface area contributed by atoms with E-state index in [0.29, 0.717) is 26.3 Å². The fourth-order valence-electron chi connectivity index (χ4n) is 3.03. The van der Waals surface area contributed by atoms with E-state index >= 15 is 0 Å². The summed E-state index contributed by atoms with van der Waals surface area (Å²) in [6.45, 7) is 8.14. The predicted octanol–water partition coefficient (Wildman–Crippen LogP) is 3.50. The molecule has 0 N–H and O–H groups in total. The molecule has 0 spiro atoms. The number of para-hydroxylation sites is 1. The van der Waals surface area contributed by atoms with E-state index in [1.54, 1.807) is 4.90 Å². The number of carbonyl (C=O) groups is 1. The summed E-state index contributed by atoms with van der Waals surface area (Å²) in [6.07, 6.45) is 0. The van der Waals surface area contributed by atoms with Crippen LogP contribution in [0.2, 0.25) is 0 Å². The second-order valence-electron chi connectivity index (χ2n) is 6.41. The predicted molar refractivity (Wildman–Crippen MR) is 99.9 cm³/mol. The van der Waals surface area contributed by atoms with Gasteiger partial charge in [-0.15, -0.1) is 0 Å². The van der Waals surface area contributed by atoms with Crippen molar-refractivity contribution in [2.24, 2.45) is 0 Å². The van der Waals surface area contributed by atoms with Gasteiger partial charge in [0.1, 0.15) is 19.0 Å². The Morgan fingerprint density at radius 1 is 1.15 bits per heavy atom. The van der Waals surface area contributed by atoms with Crippen molar-refractivity contribution in [2.45, 2.75) is 27.3 Å². The van der Waals surface area contributed by atoms with E-state index in [0.717, 1.165) is 28.4 Å². The van der Waals surface area contributed by atoms with Gasteiger partial charge in [0.2, 0.25) is 0 Å². The zero-order chi connectivity index (χ0) is 18.5. The van der Waals surface area contributed by atoms with Gasteiger partial charge in [-0.3, -0.25) is 4.79 Å². The van der Waals surface area contributed by atoms with E-state index in [9.17, 15) is 4.79 Å². The number of nitrogens with zero attached hydrogens (tertiary/aromatic N) is 1. The van der Waals surface area contributed by atoms with E-state index in [-0.39, 0.29) is 12.5 Å². The van der Waals surface area contributed by atoms with Gasteiger partial charge in [-0.05, 0) is 38.5 Å². The van der Waals surface area contributed by atoms with Crippen molar-refractivity contribution in [3.05, 3.63) is 53.1 Å². The molecule has 1 heterocycles. The van der Waals surface area contributed by atoms with E-state index in [4.69, 9.17) is 14.2 Å². The normalized spacial score (nSPS) is 12.6. The maximum Gasteiger partial charge on any atom is 0.260 e. The molecule has 2 aromatic carbocycles. The highest BCUT2D eigenvalue weighted by Gasteiger charge is 2.20. The van der Waals surface area contributed by atoms with Crippen molar-refractivity contribution >= 4 is 5.91 Å². The number of ether oxygens (including phenoxy) is 3. The summed E-state index contributed by atoms with van der Waals surface area (Å²) < 4.78 is 17.1. The monoisotopic (exact) mass is 355 g/mol. The Balaban J connectivity index is 1.66. The van der Waals surface area contributed by atoms with Gasteiger partial charge in [0.25, 0.3) is 5.91 Å². The van der Waals surface area contributed by atoms with Gasteiger partial charge in [-0.25, -0.2) is 0 Å². The summed E-state index contributed by atoms with van der Waals surface area (Å²) in [4.78, 5) is 14.4. The molecule has 0 aliphatic carbocycles. The summed E-state index contributed by atoms with van der Waals surface area (Å²) in [5.74, 6) is 2.17. The average molecular weight is 355 g/mol.